The molecule has 1 aromatic heterocycles. The van der Waals surface area contributed by atoms with Crippen molar-refractivity contribution in [1.29, 1.82) is 0 Å². The van der Waals surface area contributed by atoms with E-state index >= 15 is 0 Å². The van der Waals surface area contributed by atoms with E-state index < -0.39 is 0 Å². The number of nitrogens with one attached hydrogen (secondary N) is 2. The minimum atomic E-state index is -0.179. The van der Waals surface area contributed by atoms with Gasteiger partial charge in [-0.25, -0.2) is 4.98 Å². The molecule has 0 aliphatic carbocycles. The molecule has 2 N–H and O–H groups in total. The summed E-state index contributed by atoms with van der Waals surface area (Å²) in [4.78, 5) is 19.1. The number of piperidine rings is 1. The van der Waals surface area contributed by atoms with Crippen LogP contribution in [0.2, 0.25) is 5.02 Å². The minimum absolute atomic E-state index is 0.179. The summed E-state index contributed by atoms with van der Waals surface area (Å²) in [5.74, 6) is 0.950. The molecule has 2 heterocycles. The number of aromatic nitrogens is 1. The molecule has 0 bridgehead atoms. The van der Waals surface area contributed by atoms with Crippen molar-refractivity contribution in [2.75, 3.05) is 37.3 Å². The van der Waals surface area contributed by atoms with Crippen molar-refractivity contribution < 1.29 is 4.79 Å². The molecule has 1 aliphatic heterocycles. The number of nitrogens with zero attached hydrogens (tertiary/aromatic N) is 2. The lowest BCUT2D eigenvalue weighted by Crippen LogP contribution is -2.33. The molecule has 5 nitrogen and oxygen atoms in total. The third-order valence-corrected chi connectivity index (χ3v) is 4.78. The van der Waals surface area contributed by atoms with Crippen LogP contribution in [0.4, 0.5) is 11.5 Å². The summed E-state index contributed by atoms with van der Waals surface area (Å²) in [6.45, 7) is 3.16. The van der Waals surface area contributed by atoms with Crippen molar-refractivity contribution in [2.24, 2.45) is 5.92 Å². The van der Waals surface area contributed by atoms with Gasteiger partial charge in [-0.2, -0.15) is 0 Å². The molecule has 2 aromatic rings. The van der Waals surface area contributed by atoms with Gasteiger partial charge in [0.15, 0.2) is 0 Å². The average Bonchev–Trinajstić information content (AvgIpc) is 2.63. The van der Waals surface area contributed by atoms with Gasteiger partial charge in [0.2, 0.25) is 0 Å². The van der Waals surface area contributed by atoms with Crippen LogP contribution in [0.1, 0.15) is 23.2 Å². The molecule has 3 rings (SSSR count). The Kier molecular flexibility index (Phi) is 5.89. The summed E-state index contributed by atoms with van der Waals surface area (Å²) in [6, 6.07) is 11.0. The second-order valence-electron chi connectivity index (χ2n) is 6.49. The quantitative estimate of drug-likeness (QED) is 0.854. The summed E-state index contributed by atoms with van der Waals surface area (Å²) in [5.41, 5.74) is 1.47. The van der Waals surface area contributed by atoms with E-state index in [1.807, 2.05) is 24.3 Å². The smallest absolute Gasteiger partial charge is 0.258 e. The molecule has 25 heavy (non-hydrogen) atoms. The second kappa shape index (κ2) is 8.32. The van der Waals surface area contributed by atoms with E-state index in [-0.39, 0.29) is 5.91 Å². The number of benzene rings is 1. The summed E-state index contributed by atoms with van der Waals surface area (Å²) in [5, 5.41) is 6.81. The van der Waals surface area contributed by atoms with Gasteiger partial charge in [-0.1, -0.05) is 23.7 Å². The van der Waals surface area contributed by atoms with E-state index in [1.165, 1.54) is 19.0 Å². The molecule has 1 aromatic carbocycles. The zero-order valence-corrected chi connectivity index (χ0v) is 15.1. The van der Waals surface area contributed by atoms with Crippen LogP contribution in [-0.4, -0.2) is 42.5 Å². The van der Waals surface area contributed by atoms with Gasteiger partial charge in [0, 0.05) is 18.4 Å². The van der Waals surface area contributed by atoms with E-state index in [9.17, 15) is 4.79 Å². The molecule has 6 heteroatoms. The van der Waals surface area contributed by atoms with Crippen LogP contribution < -0.4 is 10.6 Å². The van der Waals surface area contributed by atoms with E-state index in [0.717, 1.165) is 25.3 Å². The third kappa shape index (κ3) is 4.94. The Morgan fingerprint density at radius 1 is 1.24 bits per heavy atom. The highest BCUT2D eigenvalue weighted by atomic mass is 35.5. The van der Waals surface area contributed by atoms with Crippen molar-refractivity contribution >= 4 is 29.0 Å². The molecule has 0 radical (unpaired) electrons. The highest BCUT2D eigenvalue weighted by molar-refractivity contribution is 6.30. The first kappa shape index (κ1) is 17.7. The molecule has 1 saturated heterocycles. The average molecular weight is 359 g/mol. The SMILES string of the molecule is CN1CCC(CNc2ccccc2C(=O)Nc2ccc(Cl)cn2)CC1. The molecule has 0 unspecified atom stereocenters. The van der Waals surface area contributed by atoms with Crippen molar-refractivity contribution in [3.05, 3.63) is 53.2 Å². The molecular weight excluding hydrogens is 336 g/mol. The van der Waals surface area contributed by atoms with Crippen LogP contribution in [-0.2, 0) is 0 Å². The van der Waals surface area contributed by atoms with Gasteiger partial charge in [0.1, 0.15) is 5.82 Å². The van der Waals surface area contributed by atoms with Crippen molar-refractivity contribution in [2.45, 2.75) is 12.8 Å². The zero-order chi connectivity index (χ0) is 17.6. The van der Waals surface area contributed by atoms with Crippen molar-refractivity contribution in [3.63, 3.8) is 0 Å². The molecule has 1 amide bonds. The van der Waals surface area contributed by atoms with E-state index in [2.05, 4.69) is 27.6 Å². The predicted octanol–water partition coefficient (Wildman–Crippen LogP) is 3.74. The normalized spacial score (nSPS) is 15.8. The van der Waals surface area contributed by atoms with E-state index in [4.69, 9.17) is 11.6 Å². The van der Waals surface area contributed by atoms with Crippen LogP contribution >= 0.6 is 11.6 Å². The largest absolute Gasteiger partial charge is 0.384 e. The summed E-state index contributed by atoms with van der Waals surface area (Å²) in [7, 11) is 2.16. The Morgan fingerprint density at radius 3 is 2.72 bits per heavy atom. The maximum absolute atomic E-state index is 12.6. The first-order valence-corrected chi connectivity index (χ1v) is 8.94. The Morgan fingerprint density at radius 2 is 2.00 bits per heavy atom. The van der Waals surface area contributed by atoms with Crippen LogP contribution in [0.25, 0.3) is 0 Å². The maximum atomic E-state index is 12.6. The fourth-order valence-electron chi connectivity index (χ4n) is 2.99. The molecule has 0 saturated carbocycles. The van der Waals surface area contributed by atoms with Crippen LogP contribution in [0.3, 0.4) is 0 Å². The number of carbonyl (C=O) groups is 1. The number of anilines is 2. The number of para-hydroxylation sites is 1. The lowest BCUT2D eigenvalue weighted by Gasteiger charge is -2.29. The van der Waals surface area contributed by atoms with Gasteiger partial charge in [-0.15, -0.1) is 0 Å². The van der Waals surface area contributed by atoms with Crippen molar-refractivity contribution in [1.82, 2.24) is 9.88 Å². The van der Waals surface area contributed by atoms with Gasteiger partial charge in [0.05, 0.1) is 10.6 Å². The van der Waals surface area contributed by atoms with Gasteiger partial charge < -0.3 is 15.5 Å². The second-order valence-corrected chi connectivity index (χ2v) is 6.93. The third-order valence-electron chi connectivity index (χ3n) is 4.56. The number of rotatable bonds is 5. The summed E-state index contributed by atoms with van der Waals surface area (Å²) < 4.78 is 0. The summed E-state index contributed by atoms with van der Waals surface area (Å²) >= 11 is 5.83. The number of amides is 1. The number of halogens is 1. The Balaban J connectivity index is 1.63. The van der Waals surface area contributed by atoms with Gasteiger partial charge >= 0.3 is 0 Å². The summed E-state index contributed by atoms with van der Waals surface area (Å²) in [6.07, 6.45) is 3.89. The zero-order valence-electron chi connectivity index (χ0n) is 14.3. The lowest BCUT2D eigenvalue weighted by molar-refractivity contribution is 0.102. The molecule has 0 spiro atoms. The fourth-order valence-corrected chi connectivity index (χ4v) is 3.10. The van der Waals surface area contributed by atoms with Crippen molar-refractivity contribution in [3.8, 4) is 0 Å². The number of hydrogen-bond donors (Lipinski definition) is 2. The van der Waals surface area contributed by atoms with Crippen LogP contribution in [0.5, 0.6) is 0 Å². The molecule has 1 fully saturated rings. The van der Waals surface area contributed by atoms with Gasteiger partial charge in [-0.3, -0.25) is 4.79 Å². The highest BCUT2D eigenvalue weighted by Gasteiger charge is 2.17. The number of carbonyl (C=O) groups excluding carboxylic acids is 1. The monoisotopic (exact) mass is 358 g/mol. The molecule has 1 aliphatic rings. The highest BCUT2D eigenvalue weighted by Crippen LogP contribution is 2.21. The van der Waals surface area contributed by atoms with E-state index in [0.29, 0.717) is 22.3 Å². The maximum Gasteiger partial charge on any atom is 0.258 e. The molecule has 0 atom stereocenters. The van der Waals surface area contributed by atoms with Gasteiger partial charge in [-0.05, 0) is 63.2 Å². The number of pyridine rings is 1. The predicted molar refractivity (Wildman–Crippen MR) is 102 cm³/mol. The Hall–Kier alpha value is -2.11. The number of hydrogen-bond acceptors (Lipinski definition) is 4. The standard InChI is InChI=1S/C19H23ClN4O/c1-24-10-8-14(9-11-24)12-21-17-5-3-2-4-16(17)19(25)23-18-7-6-15(20)13-22-18/h2-7,13-14,21H,8-12H2,1H3,(H,22,23,25). The first-order chi connectivity index (χ1) is 12.1. The Labute approximate surface area is 153 Å². The van der Waals surface area contributed by atoms with Crippen LogP contribution in [0, 0.1) is 5.92 Å². The minimum Gasteiger partial charge on any atom is -0.384 e. The fraction of sp³-hybridized carbons (Fsp3) is 0.368. The topological polar surface area (TPSA) is 57.3 Å². The van der Waals surface area contributed by atoms with E-state index in [1.54, 1.807) is 12.1 Å². The number of likely N-dealkylation sites (tertiary alicyclic amines) is 1. The van der Waals surface area contributed by atoms with Gasteiger partial charge in [0.25, 0.3) is 5.91 Å². The lowest BCUT2D eigenvalue weighted by atomic mass is 9.97. The molecular formula is C19H23ClN4O. The Bertz CT molecular complexity index is 712. The molecule has 132 valence electrons. The van der Waals surface area contributed by atoms with Crippen LogP contribution in [0.15, 0.2) is 42.6 Å². The first-order valence-electron chi connectivity index (χ1n) is 8.56.